The third kappa shape index (κ3) is 3.33. The van der Waals surface area contributed by atoms with Crippen molar-refractivity contribution in [1.82, 2.24) is 0 Å². The van der Waals surface area contributed by atoms with Crippen LogP contribution in [0.1, 0.15) is 22.3 Å². The summed E-state index contributed by atoms with van der Waals surface area (Å²) in [7, 11) is 0. The lowest BCUT2D eigenvalue weighted by Gasteiger charge is -2.04. The highest BCUT2D eigenvalue weighted by atomic mass is 14.0. The lowest BCUT2D eigenvalue weighted by Crippen LogP contribution is -1.82. The number of hydrogen-bond donors (Lipinski definition) is 0. The SMILES string of the molecule is Cc1cc2ccccc2cc1C.Cc1ccc2ccccc2c1C. The molecule has 0 aliphatic heterocycles. The highest BCUT2D eigenvalue weighted by molar-refractivity contribution is 5.86. The maximum absolute atomic E-state index is 2.24. The summed E-state index contributed by atoms with van der Waals surface area (Å²) in [5.41, 5.74) is 5.50. The van der Waals surface area contributed by atoms with E-state index in [0.717, 1.165) is 0 Å². The Morgan fingerprint density at radius 2 is 0.958 bits per heavy atom. The van der Waals surface area contributed by atoms with Crippen LogP contribution in [0.5, 0.6) is 0 Å². The molecule has 0 aliphatic carbocycles. The van der Waals surface area contributed by atoms with Gasteiger partial charge in [0.15, 0.2) is 0 Å². The van der Waals surface area contributed by atoms with Gasteiger partial charge < -0.3 is 0 Å². The fraction of sp³-hybridized carbons (Fsp3) is 0.167. The molecule has 4 rings (SSSR count). The van der Waals surface area contributed by atoms with E-state index in [-0.39, 0.29) is 0 Å². The van der Waals surface area contributed by atoms with Crippen LogP contribution < -0.4 is 0 Å². The molecule has 0 aromatic heterocycles. The van der Waals surface area contributed by atoms with Crippen molar-refractivity contribution in [1.29, 1.82) is 0 Å². The van der Waals surface area contributed by atoms with E-state index in [2.05, 4.69) is 100 Å². The van der Waals surface area contributed by atoms with Gasteiger partial charge in [-0.1, -0.05) is 72.8 Å². The van der Waals surface area contributed by atoms with Gasteiger partial charge in [0.05, 0.1) is 0 Å². The van der Waals surface area contributed by atoms with Crippen LogP contribution in [0.3, 0.4) is 0 Å². The summed E-state index contributed by atoms with van der Waals surface area (Å²) in [5.74, 6) is 0. The predicted molar refractivity (Wildman–Crippen MR) is 107 cm³/mol. The molecule has 0 saturated heterocycles. The van der Waals surface area contributed by atoms with Crippen LogP contribution in [0.25, 0.3) is 21.5 Å². The number of fused-ring (bicyclic) bond motifs is 2. The minimum atomic E-state index is 1.33. The molecule has 4 aromatic rings. The molecular formula is C24H24. The Bertz CT molecular complexity index is 944. The molecule has 0 aliphatic rings. The number of aryl methyl sites for hydroxylation is 4. The van der Waals surface area contributed by atoms with Crippen LogP contribution in [0.2, 0.25) is 0 Å². The molecule has 0 spiro atoms. The average Bonchev–Trinajstić information content (AvgIpc) is 2.60. The first-order valence-electron chi connectivity index (χ1n) is 8.47. The molecule has 0 nitrogen and oxygen atoms in total. The van der Waals surface area contributed by atoms with E-state index in [1.54, 1.807) is 0 Å². The Balaban J connectivity index is 0.000000141. The van der Waals surface area contributed by atoms with Crippen molar-refractivity contribution in [3.63, 3.8) is 0 Å². The van der Waals surface area contributed by atoms with Crippen molar-refractivity contribution in [2.75, 3.05) is 0 Å². The largest absolute Gasteiger partial charge is 0.0616 e. The third-order valence-corrected chi connectivity index (χ3v) is 4.83. The number of benzene rings is 4. The summed E-state index contributed by atoms with van der Waals surface area (Å²) >= 11 is 0. The third-order valence-electron chi connectivity index (χ3n) is 4.83. The zero-order chi connectivity index (χ0) is 17.1. The molecule has 120 valence electrons. The normalized spacial score (nSPS) is 10.5. The maximum atomic E-state index is 2.24. The zero-order valence-corrected chi connectivity index (χ0v) is 14.9. The molecule has 24 heavy (non-hydrogen) atoms. The van der Waals surface area contributed by atoms with Crippen LogP contribution in [0.4, 0.5) is 0 Å². The summed E-state index contributed by atoms with van der Waals surface area (Å²) in [4.78, 5) is 0. The molecule has 0 N–H and O–H groups in total. The van der Waals surface area contributed by atoms with Gasteiger partial charge in [0.25, 0.3) is 0 Å². The molecule has 0 radical (unpaired) electrons. The predicted octanol–water partition coefficient (Wildman–Crippen LogP) is 6.91. The molecule has 4 aromatic carbocycles. The van der Waals surface area contributed by atoms with Crippen molar-refractivity contribution < 1.29 is 0 Å². The van der Waals surface area contributed by atoms with E-state index in [9.17, 15) is 0 Å². The van der Waals surface area contributed by atoms with Crippen LogP contribution in [-0.2, 0) is 0 Å². The first-order valence-corrected chi connectivity index (χ1v) is 8.47. The Labute approximate surface area is 144 Å². The number of rotatable bonds is 0. The molecule has 0 atom stereocenters. The fourth-order valence-electron chi connectivity index (χ4n) is 3.00. The van der Waals surface area contributed by atoms with Crippen molar-refractivity contribution >= 4 is 21.5 Å². The maximum Gasteiger partial charge on any atom is -0.0152 e. The molecule has 0 saturated carbocycles. The van der Waals surface area contributed by atoms with Gasteiger partial charge >= 0.3 is 0 Å². The minimum absolute atomic E-state index is 1.33. The number of hydrogen-bond acceptors (Lipinski definition) is 0. The van der Waals surface area contributed by atoms with Crippen LogP contribution in [0.15, 0.2) is 72.8 Å². The van der Waals surface area contributed by atoms with Crippen LogP contribution >= 0.6 is 0 Å². The highest BCUT2D eigenvalue weighted by Gasteiger charge is 1.97. The zero-order valence-electron chi connectivity index (χ0n) is 14.9. The van der Waals surface area contributed by atoms with Gasteiger partial charge in [0.2, 0.25) is 0 Å². The van der Waals surface area contributed by atoms with Gasteiger partial charge in [-0.25, -0.2) is 0 Å². The second-order valence-electron chi connectivity index (χ2n) is 6.51. The topological polar surface area (TPSA) is 0 Å². The summed E-state index contributed by atoms with van der Waals surface area (Å²) in [6.45, 7) is 8.64. The second kappa shape index (κ2) is 6.88. The molecule has 0 amide bonds. The van der Waals surface area contributed by atoms with Crippen molar-refractivity contribution in [2.24, 2.45) is 0 Å². The molecular weight excluding hydrogens is 288 g/mol. The summed E-state index contributed by atoms with van der Waals surface area (Å²) < 4.78 is 0. The Morgan fingerprint density at radius 1 is 0.458 bits per heavy atom. The van der Waals surface area contributed by atoms with Crippen molar-refractivity contribution in [2.45, 2.75) is 27.7 Å². The molecule has 0 heteroatoms. The van der Waals surface area contributed by atoms with Crippen LogP contribution in [0, 0.1) is 27.7 Å². The fourth-order valence-corrected chi connectivity index (χ4v) is 3.00. The summed E-state index contributed by atoms with van der Waals surface area (Å²) in [6.07, 6.45) is 0. The van der Waals surface area contributed by atoms with E-state index in [0.29, 0.717) is 0 Å². The molecule has 0 heterocycles. The highest BCUT2D eigenvalue weighted by Crippen LogP contribution is 2.20. The monoisotopic (exact) mass is 312 g/mol. The molecule has 0 unspecified atom stereocenters. The Morgan fingerprint density at radius 3 is 1.54 bits per heavy atom. The van der Waals surface area contributed by atoms with E-state index in [1.807, 2.05) is 0 Å². The van der Waals surface area contributed by atoms with Crippen LogP contribution in [-0.4, -0.2) is 0 Å². The average molecular weight is 312 g/mol. The lowest BCUT2D eigenvalue weighted by molar-refractivity contribution is 1.37. The lowest BCUT2D eigenvalue weighted by atomic mass is 10.0. The van der Waals surface area contributed by atoms with E-state index in [4.69, 9.17) is 0 Å². The van der Waals surface area contributed by atoms with Gasteiger partial charge in [0.1, 0.15) is 0 Å². The van der Waals surface area contributed by atoms with Gasteiger partial charge in [-0.2, -0.15) is 0 Å². The molecule has 0 bridgehead atoms. The minimum Gasteiger partial charge on any atom is -0.0616 e. The Kier molecular flexibility index (Phi) is 4.66. The summed E-state index contributed by atoms with van der Waals surface area (Å²) in [5, 5.41) is 5.37. The van der Waals surface area contributed by atoms with Crippen molar-refractivity contribution in [3.05, 3.63) is 95.1 Å². The van der Waals surface area contributed by atoms with Crippen molar-refractivity contribution in [3.8, 4) is 0 Å². The second-order valence-corrected chi connectivity index (χ2v) is 6.51. The van der Waals surface area contributed by atoms with Gasteiger partial charge in [-0.15, -0.1) is 0 Å². The van der Waals surface area contributed by atoms with Gasteiger partial charge in [0, 0.05) is 0 Å². The van der Waals surface area contributed by atoms with Gasteiger partial charge in [-0.05, 0) is 71.5 Å². The first kappa shape index (κ1) is 16.3. The molecule has 0 fully saturated rings. The van der Waals surface area contributed by atoms with Gasteiger partial charge in [-0.3, -0.25) is 0 Å². The smallest absolute Gasteiger partial charge is 0.0152 e. The standard InChI is InChI=1S/2C12H12/c1-9-7-11-5-3-4-6-12(11)8-10(9)2;1-9-7-8-11-5-3-4-6-12(11)10(9)2/h2*3-8H,1-2H3. The Hall–Kier alpha value is -2.60. The summed E-state index contributed by atoms with van der Waals surface area (Å²) in [6, 6.07) is 25.8. The quantitative estimate of drug-likeness (QED) is 0.331. The van der Waals surface area contributed by atoms with E-state index >= 15 is 0 Å². The van der Waals surface area contributed by atoms with E-state index in [1.165, 1.54) is 43.8 Å². The van der Waals surface area contributed by atoms with E-state index < -0.39 is 0 Å². The first-order chi connectivity index (χ1) is 11.6.